The van der Waals surface area contributed by atoms with Gasteiger partial charge in [-0.2, -0.15) is 0 Å². The van der Waals surface area contributed by atoms with Gasteiger partial charge >= 0.3 is 0 Å². The molecule has 30 heavy (non-hydrogen) atoms. The van der Waals surface area contributed by atoms with Crippen molar-refractivity contribution in [1.82, 2.24) is 0 Å². The molecule has 4 atom stereocenters. The summed E-state index contributed by atoms with van der Waals surface area (Å²) in [6.07, 6.45) is 0.801. The molecule has 4 saturated heterocycles. The van der Waals surface area contributed by atoms with Gasteiger partial charge in [0, 0.05) is 16.8 Å². The van der Waals surface area contributed by atoms with Crippen molar-refractivity contribution in [1.29, 1.82) is 0 Å². The van der Waals surface area contributed by atoms with Gasteiger partial charge < -0.3 is 24.7 Å². The summed E-state index contributed by atoms with van der Waals surface area (Å²) in [5, 5.41) is 0. The molecule has 0 saturated carbocycles. The molecule has 5 heteroatoms. The molecular weight excluding hydrogens is 378 g/mol. The third-order valence-corrected chi connectivity index (χ3v) is 7.29. The van der Waals surface area contributed by atoms with Crippen LogP contribution >= 0.6 is 0 Å². The summed E-state index contributed by atoms with van der Waals surface area (Å²) in [4.78, 5) is 0. The van der Waals surface area contributed by atoms with Gasteiger partial charge in [0.25, 0.3) is 0 Å². The molecule has 2 aromatic carbocycles. The first-order valence-corrected chi connectivity index (χ1v) is 10.8. The third kappa shape index (κ3) is 2.69. The number of hydrogen-bond donors (Lipinski definition) is 1. The maximum absolute atomic E-state index is 6.98. The smallest absolute Gasteiger partial charge is 0.116 e. The number of anilines is 1. The van der Waals surface area contributed by atoms with Crippen molar-refractivity contribution < 1.29 is 18.9 Å². The first-order valence-electron chi connectivity index (χ1n) is 10.8. The maximum atomic E-state index is 6.98. The van der Waals surface area contributed by atoms with Crippen molar-refractivity contribution in [3.8, 4) is 0 Å². The molecule has 0 amide bonds. The Morgan fingerprint density at radius 2 is 1.03 bits per heavy atom. The highest BCUT2D eigenvalue weighted by Crippen LogP contribution is 2.59. The lowest BCUT2D eigenvalue weighted by Crippen LogP contribution is -2.28. The topological polar surface area (TPSA) is 76.1 Å². The standard InChI is InChI=1S/C25H29NO4/c1-22(11-27-22)17-16(10-15-8-6-5-7-9-15)18(23(2)12-28-23)20(25(4)14-30-25)21(26)19(17)24(3)13-29-24/h5-9H,10-14,26H2,1-4H3. The molecule has 0 radical (unpaired) electrons. The average Bonchev–Trinajstić information content (AvgIpc) is 3.49. The Bertz CT molecular complexity index is 984. The van der Waals surface area contributed by atoms with E-state index in [9.17, 15) is 0 Å². The van der Waals surface area contributed by atoms with Crippen LogP contribution in [0.3, 0.4) is 0 Å². The van der Waals surface area contributed by atoms with Gasteiger partial charge in [-0.25, -0.2) is 0 Å². The highest BCUT2D eigenvalue weighted by atomic mass is 16.6. The van der Waals surface area contributed by atoms with Crippen LogP contribution in [0, 0.1) is 0 Å². The normalized spacial score (nSPS) is 38.4. The van der Waals surface area contributed by atoms with Gasteiger partial charge in [0.05, 0.1) is 26.4 Å². The second kappa shape index (κ2) is 5.65. The number of hydrogen-bond acceptors (Lipinski definition) is 5. The Morgan fingerprint density at radius 3 is 1.40 bits per heavy atom. The second-order valence-electron chi connectivity index (χ2n) is 10.1. The Balaban J connectivity index is 1.70. The Labute approximate surface area is 177 Å². The Morgan fingerprint density at radius 1 is 0.667 bits per heavy atom. The lowest BCUT2D eigenvalue weighted by molar-refractivity contribution is 0.293. The van der Waals surface area contributed by atoms with Crippen LogP contribution in [0.25, 0.3) is 0 Å². The van der Waals surface area contributed by atoms with E-state index in [0.29, 0.717) is 26.4 Å². The van der Waals surface area contributed by atoms with E-state index in [-0.39, 0.29) is 22.4 Å². The van der Waals surface area contributed by atoms with E-state index in [4.69, 9.17) is 24.7 Å². The number of ether oxygens (including phenoxy) is 4. The Hall–Kier alpha value is -1.92. The highest BCUT2D eigenvalue weighted by molar-refractivity contribution is 5.72. The van der Waals surface area contributed by atoms with Crippen LogP contribution in [0.15, 0.2) is 30.3 Å². The van der Waals surface area contributed by atoms with Gasteiger partial charge in [0.1, 0.15) is 22.4 Å². The van der Waals surface area contributed by atoms with Crippen LogP contribution in [-0.4, -0.2) is 26.4 Å². The molecule has 5 nitrogen and oxygen atoms in total. The zero-order chi connectivity index (χ0) is 20.9. The summed E-state index contributed by atoms with van der Waals surface area (Å²) in [5.41, 5.74) is 13.5. The molecule has 0 aliphatic carbocycles. The van der Waals surface area contributed by atoms with Crippen LogP contribution in [0.1, 0.15) is 61.1 Å². The predicted molar refractivity (Wildman–Crippen MR) is 113 cm³/mol. The van der Waals surface area contributed by atoms with Crippen molar-refractivity contribution >= 4 is 5.69 Å². The van der Waals surface area contributed by atoms with Crippen LogP contribution < -0.4 is 5.73 Å². The highest BCUT2D eigenvalue weighted by Gasteiger charge is 2.59. The third-order valence-electron chi connectivity index (χ3n) is 7.29. The first-order chi connectivity index (χ1) is 14.2. The van der Waals surface area contributed by atoms with Crippen molar-refractivity contribution in [2.45, 2.75) is 56.5 Å². The molecule has 4 aliphatic rings. The molecular formula is C25H29NO4. The summed E-state index contributed by atoms with van der Waals surface area (Å²) < 4.78 is 24.0. The fourth-order valence-corrected chi connectivity index (χ4v) is 5.07. The molecule has 4 aliphatic heterocycles. The molecule has 0 bridgehead atoms. The minimum Gasteiger partial charge on any atom is -0.398 e. The maximum Gasteiger partial charge on any atom is 0.116 e. The van der Waals surface area contributed by atoms with Gasteiger partial charge in [0.15, 0.2) is 0 Å². The first kappa shape index (κ1) is 18.8. The van der Waals surface area contributed by atoms with Gasteiger partial charge in [-0.15, -0.1) is 0 Å². The van der Waals surface area contributed by atoms with E-state index in [1.165, 1.54) is 22.3 Å². The van der Waals surface area contributed by atoms with Crippen LogP contribution in [0.5, 0.6) is 0 Å². The zero-order valence-electron chi connectivity index (χ0n) is 18.1. The molecule has 2 N–H and O–H groups in total. The molecule has 6 rings (SSSR count). The van der Waals surface area contributed by atoms with Crippen LogP contribution in [0.2, 0.25) is 0 Å². The molecule has 4 heterocycles. The summed E-state index contributed by atoms with van der Waals surface area (Å²) in [6, 6.07) is 10.6. The molecule has 0 aromatic heterocycles. The number of nitrogens with two attached hydrogens (primary N) is 1. The zero-order valence-corrected chi connectivity index (χ0v) is 18.1. The van der Waals surface area contributed by atoms with Gasteiger partial charge in [0.2, 0.25) is 0 Å². The van der Waals surface area contributed by atoms with E-state index < -0.39 is 0 Å². The molecule has 4 unspecified atom stereocenters. The lowest BCUT2D eigenvalue weighted by Gasteiger charge is -2.31. The fraction of sp³-hybridized carbons (Fsp3) is 0.520. The predicted octanol–water partition coefficient (Wildman–Crippen LogP) is 3.84. The van der Waals surface area contributed by atoms with Crippen molar-refractivity contribution in [3.05, 3.63) is 63.7 Å². The van der Waals surface area contributed by atoms with Gasteiger partial charge in [-0.3, -0.25) is 0 Å². The van der Waals surface area contributed by atoms with Crippen molar-refractivity contribution in [3.63, 3.8) is 0 Å². The summed E-state index contributed by atoms with van der Waals surface area (Å²) in [7, 11) is 0. The molecule has 4 fully saturated rings. The van der Waals surface area contributed by atoms with Crippen LogP contribution in [-0.2, 0) is 47.8 Å². The van der Waals surface area contributed by atoms with E-state index in [0.717, 1.165) is 23.2 Å². The number of rotatable bonds is 6. The van der Waals surface area contributed by atoms with Crippen LogP contribution in [0.4, 0.5) is 5.69 Å². The SMILES string of the molecule is CC1(c2c(N)c(C3(C)CO3)c(C3(C)CO3)c(Cc3ccccc3)c2C2(C)CO2)CO1. The minimum atomic E-state index is -0.371. The van der Waals surface area contributed by atoms with Crippen molar-refractivity contribution in [2.24, 2.45) is 0 Å². The average molecular weight is 408 g/mol. The second-order valence-corrected chi connectivity index (χ2v) is 10.1. The van der Waals surface area contributed by atoms with E-state index in [2.05, 4.69) is 58.0 Å². The van der Waals surface area contributed by atoms with Gasteiger partial charge in [-0.05, 0) is 56.4 Å². The van der Waals surface area contributed by atoms with Gasteiger partial charge in [-0.1, -0.05) is 30.3 Å². The Kier molecular flexibility index (Phi) is 3.55. The number of nitrogen functional groups attached to an aromatic ring is 1. The lowest BCUT2D eigenvalue weighted by atomic mass is 9.73. The van der Waals surface area contributed by atoms with E-state index >= 15 is 0 Å². The fourth-order valence-electron chi connectivity index (χ4n) is 5.07. The largest absolute Gasteiger partial charge is 0.398 e. The van der Waals surface area contributed by atoms with E-state index in [1.807, 2.05) is 0 Å². The number of epoxide rings is 4. The quantitative estimate of drug-likeness (QED) is 0.582. The summed E-state index contributed by atoms with van der Waals surface area (Å²) >= 11 is 0. The van der Waals surface area contributed by atoms with Crippen molar-refractivity contribution in [2.75, 3.05) is 32.2 Å². The molecule has 0 spiro atoms. The molecule has 158 valence electrons. The molecule has 2 aromatic rings. The monoisotopic (exact) mass is 407 g/mol. The number of benzene rings is 2. The summed E-state index contributed by atoms with van der Waals surface area (Å²) in [6.45, 7) is 11.3. The summed E-state index contributed by atoms with van der Waals surface area (Å²) in [5.74, 6) is 0. The minimum absolute atomic E-state index is 0.341. The van der Waals surface area contributed by atoms with E-state index in [1.54, 1.807) is 0 Å².